The number of amides is 3. The maximum absolute atomic E-state index is 14.6. The Morgan fingerprint density at radius 2 is 1.90 bits per heavy atom. The van der Waals surface area contributed by atoms with Crippen LogP contribution in [0.15, 0.2) is 79.9 Å². The van der Waals surface area contributed by atoms with Gasteiger partial charge in [0, 0.05) is 31.4 Å². The highest BCUT2D eigenvalue weighted by molar-refractivity contribution is 9.09. The van der Waals surface area contributed by atoms with Gasteiger partial charge in [-0.2, -0.15) is 0 Å². The molecule has 2 aromatic rings. The largest absolute Gasteiger partial charge is 0.455 e. The van der Waals surface area contributed by atoms with Gasteiger partial charge >= 0.3 is 5.97 Å². The van der Waals surface area contributed by atoms with Gasteiger partial charge in [0.2, 0.25) is 11.8 Å². The summed E-state index contributed by atoms with van der Waals surface area (Å²) in [5.41, 5.74) is -0.363. The molecule has 1 spiro atoms. The highest BCUT2D eigenvalue weighted by atomic mass is 79.9. The smallest absolute Gasteiger partial charge is 0.313 e. The van der Waals surface area contributed by atoms with Crippen LogP contribution >= 0.6 is 27.5 Å². The van der Waals surface area contributed by atoms with E-state index in [1.54, 1.807) is 60.7 Å². The molecule has 3 saturated heterocycles. The molecule has 3 heterocycles. The van der Waals surface area contributed by atoms with Crippen LogP contribution in [0.1, 0.15) is 30.9 Å². The van der Waals surface area contributed by atoms with Crippen LogP contribution in [0, 0.1) is 11.8 Å². The number of halogens is 2. The number of anilines is 1. The Morgan fingerprint density at radius 3 is 2.55 bits per heavy atom. The molecule has 262 valence electrons. The molecule has 5 rings (SSSR count). The van der Waals surface area contributed by atoms with Crippen LogP contribution in [0.2, 0.25) is 5.02 Å². The Balaban J connectivity index is 1.51. The maximum atomic E-state index is 14.6. The molecule has 2 bridgehead atoms. The highest BCUT2D eigenvalue weighted by Gasteiger charge is 2.77. The van der Waals surface area contributed by atoms with Gasteiger partial charge in [0.1, 0.15) is 17.7 Å². The molecule has 0 radical (unpaired) electrons. The lowest BCUT2D eigenvalue weighted by Gasteiger charge is -2.37. The number of nitrogens with one attached hydrogen (secondary N) is 1. The van der Waals surface area contributed by atoms with Gasteiger partial charge in [-0.3, -0.25) is 19.2 Å². The number of β-amino-alcohol motifs (C(OH)–C–C–N with tert-alkyl or cyclic N) is 1. The molecule has 3 amide bonds. The number of benzene rings is 2. The number of hydrogen-bond donors (Lipinski definition) is 2. The third-order valence-electron chi connectivity index (χ3n) is 9.36. The molecule has 0 aromatic heterocycles. The number of alkyl halides is 1. The second-order valence-electron chi connectivity index (χ2n) is 12.3. The van der Waals surface area contributed by atoms with Crippen LogP contribution in [0.3, 0.4) is 0 Å². The van der Waals surface area contributed by atoms with Gasteiger partial charge in [0.25, 0.3) is 5.91 Å². The highest BCUT2D eigenvalue weighted by Crippen LogP contribution is 2.60. The SMILES string of the molecule is C=CCCC(=O)N[C@@H](COC)[C@@H](OC(=O)[C@@H]1[C@H]2O[C@@]3(CC2Br)[C@H](C(=O)N(CC=C)c2ccccc2Cl)N(CCO)C(=O)[C@@H]13)c1ccccc1. The zero-order valence-corrected chi connectivity index (χ0v) is 29.6. The van der Waals surface area contributed by atoms with E-state index in [-0.39, 0.29) is 38.4 Å². The van der Waals surface area contributed by atoms with Crippen molar-refractivity contribution in [3.05, 3.63) is 90.5 Å². The number of ether oxygens (including phenoxy) is 3. The molecule has 3 aliphatic rings. The summed E-state index contributed by atoms with van der Waals surface area (Å²) < 4.78 is 18.3. The molecule has 1 unspecified atom stereocenters. The average Bonchev–Trinajstić information content (AvgIpc) is 3.68. The van der Waals surface area contributed by atoms with Crippen LogP contribution in [-0.2, 0) is 33.4 Å². The molecule has 11 nitrogen and oxygen atoms in total. The number of hydrogen-bond acceptors (Lipinski definition) is 8. The zero-order chi connectivity index (χ0) is 35.3. The van der Waals surface area contributed by atoms with Crippen molar-refractivity contribution in [2.24, 2.45) is 11.8 Å². The van der Waals surface area contributed by atoms with E-state index < -0.39 is 70.9 Å². The predicted octanol–water partition coefficient (Wildman–Crippen LogP) is 3.98. The number of rotatable bonds is 16. The molecule has 3 aliphatic heterocycles. The van der Waals surface area contributed by atoms with E-state index in [1.165, 1.54) is 16.9 Å². The van der Waals surface area contributed by atoms with E-state index in [1.807, 2.05) is 6.07 Å². The normalized spacial score (nSPS) is 26.5. The molecular formula is C36H41BrClN3O8. The standard InChI is InChI=1S/C36H41BrClN3O8/c1-4-6-16-27(43)39-25(21-47-3)30(22-12-8-7-9-13-22)48-35(46)28-29-33(44)41(18-19-42)32(36(29)20-23(37)31(28)49-36)34(45)40(17-5-2)26-15-11-10-14-24(26)38/h4-5,7-15,23,25,28-32,42H,1-2,6,16-21H2,3H3,(H,39,43)/t23?,25-,28-,29+,30-,31-,32-,36+/m0/s1. The van der Waals surface area contributed by atoms with E-state index in [0.29, 0.717) is 22.7 Å². The number of para-hydroxylation sites is 1. The number of likely N-dealkylation sites (tertiary alicyclic amines) is 1. The Morgan fingerprint density at radius 1 is 1.18 bits per heavy atom. The molecule has 8 atom stereocenters. The molecule has 3 fully saturated rings. The van der Waals surface area contributed by atoms with Gasteiger partial charge in [-0.15, -0.1) is 13.2 Å². The van der Waals surface area contributed by atoms with Crippen molar-refractivity contribution < 1.29 is 38.5 Å². The van der Waals surface area contributed by atoms with Crippen molar-refractivity contribution in [2.45, 2.75) is 54.0 Å². The Bertz CT molecular complexity index is 1560. The third kappa shape index (κ3) is 7.07. The number of carbonyl (C=O) groups excluding carboxylic acids is 4. The fraction of sp³-hybridized carbons (Fsp3) is 0.444. The van der Waals surface area contributed by atoms with E-state index in [0.717, 1.165) is 0 Å². The topological polar surface area (TPSA) is 135 Å². The van der Waals surface area contributed by atoms with Gasteiger partial charge in [-0.05, 0) is 30.5 Å². The van der Waals surface area contributed by atoms with Gasteiger partial charge in [0.05, 0.1) is 47.9 Å². The third-order valence-corrected chi connectivity index (χ3v) is 10.5. The lowest BCUT2D eigenvalue weighted by molar-refractivity contribution is -0.163. The van der Waals surface area contributed by atoms with Crippen LogP contribution in [0.5, 0.6) is 0 Å². The number of allylic oxidation sites excluding steroid dienone is 1. The van der Waals surface area contributed by atoms with Crippen molar-refractivity contribution in [2.75, 3.05) is 38.3 Å². The summed E-state index contributed by atoms with van der Waals surface area (Å²) in [4.78, 5) is 58.5. The fourth-order valence-electron chi connectivity index (χ4n) is 7.41. The first-order valence-electron chi connectivity index (χ1n) is 16.2. The lowest BCUT2D eigenvalue weighted by atomic mass is 9.70. The molecule has 13 heteroatoms. The number of fused-ring (bicyclic) bond motifs is 1. The average molecular weight is 759 g/mol. The lowest BCUT2D eigenvalue weighted by Crippen LogP contribution is -2.57. The summed E-state index contributed by atoms with van der Waals surface area (Å²) in [6.45, 7) is 7.04. The fourth-order valence-corrected chi connectivity index (χ4v) is 8.59. The van der Waals surface area contributed by atoms with E-state index >= 15 is 0 Å². The molecule has 0 saturated carbocycles. The van der Waals surface area contributed by atoms with Gasteiger partial charge < -0.3 is 34.4 Å². The molecule has 2 N–H and O–H groups in total. The first-order chi connectivity index (χ1) is 23.6. The monoisotopic (exact) mass is 757 g/mol. The summed E-state index contributed by atoms with van der Waals surface area (Å²) in [6, 6.07) is 13.9. The quantitative estimate of drug-likeness (QED) is 0.149. The number of aliphatic hydroxyl groups is 1. The number of carbonyl (C=O) groups is 4. The summed E-state index contributed by atoms with van der Waals surface area (Å²) in [5.74, 6) is -4.11. The van der Waals surface area contributed by atoms with Gasteiger partial charge in [-0.25, -0.2) is 0 Å². The van der Waals surface area contributed by atoms with Crippen molar-refractivity contribution in [3.63, 3.8) is 0 Å². The minimum Gasteiger partial charge on any atom is -0.455 e. The Hall–Kier alpha value is -3.55. The summed E-state index contributed by atoms with van der Waals surface area (Å²) in [6.07, 6.45) is 2.34. The van der Waals surface area contributed by atoms with Crippen LogP contribution < -0.4 is 10.2 Å². The predicted molar refractivity (Wildman–Crippen MR) is 187 cm³/mol. The number of nitrogens with zero attached hydrogens (tertiary/aromatic N) is 2. The number of esters is 1. The summed E-state index contributed by atoms with van der Waals surface area (Å²) >= 11 is 10.2. The summed E-state index contributed by atoms with van der Waals surface area (Å²) in [5, 5.41) is 13.3. The van der Waals surface area contributed by atoms with E-state index in [9.17, 15) is 24.3 Å². The van der Waals surface area contributed by atoms with Gasteiger partial charge in [0.15, 0.2) is 0 Å². The molecule has 49 heavy (non-hydrogen) atoms. The van der Waals surface area contributed by atoms with E-state index in [4.69, 9.17) is 25.8 Å². The first-order valence-corrected chi connectivity index (χ1v) is 17.5. The van der Waals surface area contributed by atoms with Crippen molar-refractivity contribution >= 4 is 56.9 Å². The Labute approximate surface area is 299 Å². The second-order valence-corrected chi connectivity index (χ2v) is 13.9. The van der Waals surface area contributed by atoms with Crippen molar-refractivity contribution in [3.8, 4) is 0 Å². The van der Waals surface area contributed by atoms with Crippen molar-refractivity contribution in [1.82, 2.24) is 10.2 Å². The number of aliphatic hydroxyl groups excluding tert-OH is 1. The second kappa shape index (κ2) is 16.0. The minimum atomic E-state index is -1.40. The van der Waals surface area contributed by atoms with E-state index in [2.05, 4.69) is 34.4 Å². The summed E-state index contributed by atoms with van der Waals surface area (Å²) in [7, 11) is 1.48. The minimum absolute atomic E-state index is 0.0344. The van der Waals surface area contributed by atoms with Crippen LogP contribution in [-0.4, -0.2) is 95.7 Å². The van der Waals surface area contributed by atoms with Crippen LogP contribution in [0.25, 0.3) is 0 Å². The zero-order valence-electron chi connectivity index (χ0n) is 27.2. The molecular weight excluding hydrogens is 718 g/mol. The maximum Gasteiger partial charge on any atom is 0.313 e. The van der Waals surface area contributed by atoms with Crippen LogP contribution in [0.4, 0.5) is 5.69 Å². The molecule has 2 aromatic carbocycles. The molecule has 0 aliphatic carbocycles. The number of methoxy groups -OCH3 is 1. The Kier molecular flexibility index (Phi) is 12.0. The van der Waals surface area contributed by atoms with Crippen molar-refractivity contribution in [1.29, 1.82) is 0 Å². The first kappa shape index (κ1) is 36.7. The van der Waals surface area contributed by atoms with Gasteiger partial charge in [-0.1, -0.05) is 82.1 Å².